The molecular formula is C25H35ClN4O4. The molecule has 4 rings (SSSR count). The second-order valence-corrected chi connectivity index (χ2v) is 11.3. The summed E-state index contributed by atoms with van der Waals surface area (Å²) in [6.45, 7) is 8.27. The number of nitrogens with one attached hydrogen (secondary N) is 1. The van der Waals surface area contributed by atoms with Crippen molar-refractivity contribution in [3.05, 3.63) is 28.8 Å². The summed E-state index contributed by atoms with van der Waals surface area (Å²) in [7, 11) is 1.63. The Hall–Kier alpha value is -2.32. The molecule has 4 atom stereocenters. The molecule has 8 nitrogen and oxygen atoms in total. The maximum Gasteiger partial charge on any atom is 0.231 e. The van der Waals surface area contributed by atoms with Crippen LogP contribution in [0.1, 0.15) is 65.0 Å². The molecule has 2 amide bonds. The molecule has 186 valence electrons. The van der Waals surface area contributed by atoms with Gasteiger partial charge in [0.15, 0.2) is 5.96 Å². The first kappa shape index (κ1) is 24.8. The highest BCUT2D eigenvalue weighted by Gasteiger charge is 2.52. The van der Waals surface area contributed by atoms with Crippen LogP contribution in [0.3, 0.4) is 0 Å². The number of amides is 2. The quantitative estimate of drug-likeness (QED) is 0.609. The number of rotatable bonds is 7. The summed E-state index contributed by atoms with van der Waals surface area (Å²) in [5, 5.41) is 3.83. The number of nitrogens with zero attached hydrogens (tertiary/aromatic N) is 2. The summed E-state index contributed by atoms with van der Waals surface area (Å²) >= 11 is 6.16. The van der Waals surface area contributed by atoms with Gasteiger partial charge >= 0.3 is 0 Å². The van der Waals surface area contributed by atoms with Gasteiger partial charge in [0.05, 0.1) is 18.0 Å². The molecule has 0 bridgehead atoms. The van der Waals surface area contributed by atoms with Crippen LogP contribution in [0.5, 0.6) is 5.75 Å². The van der Waals surface area contributed by atoms with Crippen molar-refractivity contribution in [1.82, 2.24) is 10.2 Å². The third-order valence-electron chi connectivity index (χ3n) is 6.89. The fraction of sp³-hybridized carbons (Fsp3) is 0.640. The topological polar surface area (TPSA) is 106 Å². The van der Waals surface area contributed by atoms with Gasteiger partial charge in [-0.2, -0.15) is 0 Å². The van der Waals surface area contributed by atoms with E-state index in [1.807, 2.05) is 39.8 Å². The molecule has 2 aliphatic heterocycles. The zero-order valence-corrected chi connectivity index (χ0v) is 21.3. The van der Waals surface area contributed by atoms with E-state index in [-0.39, 0.29) is 48.1 Å². The number of fused-ring (bicyclic) bond motifs is 1. The molecular weight excluding hydrogens is 456 g/mol. The average Bonchev–Trinajstić information content (AvgIpc) is 3.48. The van der Waals surface area contributed by atoms with E-state index in [1.54, 1.807) is 18.1 Å². The molecule has 0 aromatic heterocycles. The lowest BCUT2D eigenvalue weighted by molar-refractivity contribution is -0.132. The minimum atomic E-state index is -0.518. The summed E-state index contributed by atoms with van der Waals surface area (Å²) in [6.07, 6.45) is 2.23. The predicted molar refractivity (Wildman–Crippen MR) is 131 cm³/mol. The van der Waals surface area contributed by atoms with Gasteiger partial charge in [0.1, 0.15) is 11.4 Å². The van der Waals surface area contributed by atoms with Crippen molar-refractivity contribution in [3.63, 3.8) is 0 Å². The first-order valence-corrected chi connectivity index (χ1v) is 12.2. The van der Waals surface area contributed by atoms with E-state index in [1.165, 1.54) is 0 Å². The largest absolute Gasteiger partial charge is 0.487 e. The molecule has 1 fully saturated rings. The predicted octanol–water partition coefficient (Wildman–Crippen LogP) is 3.43. The number of ether oxygens (including phenoxy) is 2. The minimum Gasteiger partial charge on any atom is -0.487 e. The van der Waals surface area contributed by atoms with Gasteiger partial charge in [0.2, 0.25) is 11.8 Å². The third-order valence-corrected chi connectivity index (χ3v) is 7.12. The van der Waals surface area contributed by atoms with Gasteiger partial charge in [-0.3, -0.25) is 14.5 Å². The van der Waals surface area contributed by atoms with E-state index in [4.69, 9.17) is 26.8 Å². The van der Waals surface area contributed by atoms with Crippen molar-refractivity contribution >= 4 is 29.4 Å². The number of carbonyl (C=O) groups excluding carboxylic acids is 2. The van der Waals surface area contributed by atoms with Crippen LogP contribution in [-0.4, -0.2) is 53.6 Å². The van der Waals surface area contributed by atoms with Crippen LogP contribution in [0.4, 0.5) is 0 Å². The number of aliphatic imine (C=N–C) groups is 1. The molecule has 34 heavy (non-hydrogen) atoms. The summed E-state index contributed by atoms with van der Waals surface area (Å²) < 4.78 is 11.4. The van der Waals surface area contributed by atoms with E-state index in [0.29, 0.717) is 36.6 Å². The van der Waals surface area contributed by atoms with E-state index in [0.717, 1.165) is 5.56 Å². The van der Waals surface area contributed by atoms with Crippen molar-refractivity contribution in [2.24, 2.45) is 22.6 Å². The highest BCUT2D eigenvalue weighted by molar-refractivity contribution is 6.30. The number of hydrogen-bond donors (Lipinski definition) is 2. The molecule has 0 saturated heterocycles. The number of hydrogen-bond acceptors (Lipinski definition) is 6. The van der Waals surface area contributed by atoms with Crippen LogP contribution in [0.15, 0.2) is 23.2 Å². The van der Waals surface area contributed by atoms with Crippen molar-refractivity contribution in [2.45, 2.75) is 76.6 Å². The minimum absolute atomic E-state index is 0.00611. The molecule has 1 aromatic rings. The van der Waals surface area contributed by atoms with Crippen LogP contribution < -0.4 is 15.8 Å². The first-order chi connectivity index (χ1) is 15.9. The highest BCUT2D eigenvalue weighted by Crippen LogP contribution is 2.47. The lowest BCUT2D eigenvalue weighted by atomic mass is 9.89. The summed E-state index contributed by atoms with van der Waals surface area (Å²) in [6, 6.07) is 5.12. The van der Waals surface area contributed by atoms with Crippen LogP contribution in [0.2, 0.25) is 5.02 Å². The highest BCUT2D eigenvalue weighted by atomic mass is 35.5. The smallest absolute Gasteiger partial charge is 0.231 e. The Morgan fingerprint density at radius 2 is 2.12 bits per heavy atom. The molecule has 4 unspecified atom stereocenters. The normalized spacial score (nSPS) is 27.8. The van der Waals surface area contributed by atoms with Gasteiger partial charge < -0.3 is 20.5 Å². The lowest BCUT2D eigenvalue weighted by Crippen LogP contribution is -2.55. The summed E-state index contributed by atoms with van der Waals surface area (Å²) in [5.74, 6) is 0.666. The number of benzene rings is 1. The van der Waals surface area contributed by atoms with Gasteiger partial charge in [-0.15, -0.1) is 0 Å². The van der Waals surface area contributed by atoms with E-state index in [9.17, 15) is 9.59 Å². The fourth-order valence-corrected chi connectivity index (χ4v) is 5.45. The van der Waals surface area contributed by atoms with Crippen molar-refractivity contribution < 1.29 is 19.1 Å². The maximum atomic E-state index is 13.3. The molecule has 3 aliphatic rings. The van der Waals surface area contributed by atoms with Crippen LogP contribution >= 0.6 is 11.6 Å². The van der Waals surface area contributed by atoms with Crippen LogP contribution in [-0.2, 0) is 14.3 Å². The SMILES string of the molecule is COCCC(C1CC1C(=O)NC1CC(C)(C)Oc2cc(Cl)ccc21)N1C(=O)CC(C)(C)N=C1N. The monoisotopic (exact) mass is 490 g/mol. The van der Waals surface area contributed by atoms with Gasteiger partial charge in [-0.1, -0.05) is 17.7 Å². The Labute approximate surface area is 206 Å². The first-order valence-electron chi connectivity index (χ1n) is 11.9. The molecule has 0 spiro atoms. The molecule has 0 radical (unpaired) electrons. The number of carbonyl (C=O) groups is 2. The average molecular weight is 491 g/mol. The third kappa shape index (κ3) is 5.18. The molecule has 1 aliphatic carbocycles. The van der Waals surface area contributed by atoms with Gasteiger partial charge in [0.25, 0.3) is 0 Å². The van der Waals surface area contributed by atoms with Gasteiger partial charge in [0, 0.05) is 42.7 Å². The Kier molecular flexibility index (Phi) is 6.59. The molecule has 1 saturated carbocycles. The number of nitrogens with two attached hydrogens (primary N) is 1. The van der Waals surface area contributed by atoms with Crippen molar-refractivity contribution in [3.8, 4) is 5.75 Å². The molecule has 2 heterocycles. The zero-order chi connectivity index (χ0) is 24.8. The molecule has 1 aromatic carbocycles. The zero-order valence-electron chi connectivity index (χ0n) is 20.6. The van der Waals surface area contributed by atoms with Crippen LogP contribution in [0.25, 0.3) is 0 Å². The Balaban J connectivity index is 1.50. The van der Waals surface area contributed by atoms with E-state index >= 15 is 0 Å². The second kappa shape index (κ2) is 9.04. The Morgan fingerprint density at radius 3 is 2.79 bits per heavy atom. The van der Waals surface area contributed by atoms with Gasteiger partial charge in [-0.05, 0) is 58.6 Å². The second-order valence-electron chi connectivity index (χ2n) is 10.9. The summed E-state index contributed by atoms with van der Waals surface area (Å²) in [5.41, 5.74) is 6.21. The molecule has 9 heteroatoms. The molecule has 3 N–H and O–H groups in total. The number of methoxy groups -OCH3 is 1. The van der Waals surface area contributed by atoms with Crippen molar-refractivity contribution in [2.75, 3.05) is 13.7 Å². The maximum absolute atomic E-state index is 13.3. The van der Waals surface area contributed by atoms with Gasteiger partial charge in [-0.25, -0.2) is 4.99 Å². The Bertz CT molecular complexity index is 1010. The van der Waals surface area contributed by atoms with Crippen LogP contribution in [0, 0.1) is 11.8 Å². The fourth-order valence-electron chi connectivity index (χ4n) is 5.29. The number of halogens is 1. The van der Waals surface area contributed by atoms with E-state index < -0.39 is 11.1 Å². The number of guanidine groups is 1. The van der Waals surface area contributed by atoms with E-state index in [2.05, 4.69) is 10.3 Å². The Morgan fingerprint density at radius 1 is 1.38 bits per heavy atom. The van der Waals surface area contributed by atoms with Crippen molar-refractivity contribution in [1.29, 1.82) is 0 Å². The summed E-state index contributed by atoms with van der Waals surface area (Å²) in [4.78, 5) is 32.4. The standard InChI is InChI=1S/C25H35ClN4O4/c1-24(2)13-21(31)30(23(27)29-24)19(8-9-33-5)16-11-17(16)22(32)28-18-12-25(3,4)34-20-10-14(26)6-7-15(18)20/h6-7,10,16-19H,8-9,11-13H2,1-5H3,(H2,27,29)(H,28,32). The lowest BCUT2D eigenvalue weighted by Gasteiger charge is -2.38.